The van der Waals surface area contributed by atoms with Gasteiger partial charge in [-0.1, -0.05) is 35.5 Å². The number of hydrogen-bond donors (Lipinski definition) is 3. The summed E-state index contributed by atoms with van der Waals surface area (Å²) in [5.74, 6) is -2.23. The van der Waals surface area contributed by atoms with Crippen LogP contribution in [0.1, 0.15) is 5.56 Å². The Labute approximate surface area is 102 Å². The summed E-state index contributed by atoms with van der Waals surface area (Å²) in [6.07, 6.45) is -1.09. The monoisotopic (exact) mass is 249 g/mol. The summed E-state index contributed by atoms with van der Waals surface area (Å²) < 4.78 is 0. The van der Waals surface area contributed by atoms with Crippen LogP contribution in [0.2, 0.25) is 0 Å². The Hall–Kier alpha value is -2.57. The van der Waals surface area contributed by atoms with E-state index >= 15 is 0 Å². The highest BCUT2D eigenvalue weighted by Crippen LogP contribution is 2.22. The zero-order valence-electron chi connectivity index (χ0n) is 9.24. The van der Waals surface area contributed by atoms with E-state index in [9.17, 15) is 14.7 Å². The molecule has 0 unspecified atom stereocenters. The molecule has 0 aromatic heterocycles. The average molecular weight is 249 g/mol. The first kappa shape index (κ1) is 11.9. The number of amides is 2. The second-order valence-corrected chi connectivity index (χ2v) is 3.69. The largest absolute Gasteiger partial charge is 0.481 e. The number of carboxylic acid groups (broad SMARTS) is 1. The first-order valence-corrected chi connectivity index (χ1v) is 5.17. The van der Waals surface area contributed by atoms with E-state index in [2.05, 4.69) is 10.5 Å². The van der Waals surface area contributed by atoms with Crippen molar-refractivity contribution in [1.82, 2.24) is 5.32 Å². The molecule has 0 aliphatic carbocycles. The van der Waals surface area contributed by atoms with Crippen molar-refractivity contribution in [3.05, 3.63) is 35.9 Å². The first-order valence-electron chi connectivity index (χ1n) is 5.17. The zero-order valence-corrected chi connectivity index (χ0v) is 9.24. The molecule has 7 heteroatoms. The highest BCUT2D eigenvalue weighted by Gasteiger charge is 2.41. The number of carbonyl (C=O) groups is 2. The summed E-state index contributed by atoms with van der Waals surface area (Å²) >= 11 is 0. The van der Waals surface area contributed by atoms with E-state index in [0.29, 0.717) is 5.56 Å². The Kier molecular flexibility index (Phi) is 3.13. The quantitative estimate of drug-likeness (QED) is 0.705. The molecule has 2 atom stereocenters. The van der Waals surface area contributed by atoms with Gasteiger partial charge in [-0.15, -0.1) is 0 Å². The molecule has 18 heavy (non-hydrogen) atoms. The molecule has 0 spiro atoms. The van der Waals surface area contributed by atoms with Crippen LogP contribution < -0.4 is 11.1 Å². The van der Waals surface area contributed by atoms with E-state index in [1.54, 1.807) is 30.3 Å². The molecule has 1 aromatic rings. The number of nitrogens with two attached hydrogens (primary N) is 1. The van der Waals surface area contributed by atoms with Crippen molar-refractivity contribution >= 4 is 17.7 Å². The van der Waals surface area contributed by atoms with E-state index in [0.717, 1.165) is 0 Å². The third-order valence-corrected chi connectivity index (χ3v) is 2.48. The second kappa shape index (κ2) is 4.74. The van der Waals surface area contributed by atoms with Crippen LogP contribution in [0.5, 0.6) is 0 Å². The van der Waals surface area contributed by atoms with Gasteiger partial charge in [0, 0.05) is 5.56 Å². The molecule has 0 bridgehead atoms. The second-order valence-electron chi connectivity index (χ2n) is 3.69. The Morgan fingerprint density at radius 2 is 2.00 bits per heavy atom. The lowest BCUT2D eigenvalue weighted by Gasteiger charge is -2.14. The Morgan fingerprint density at radius 3 is 2.56 bits per heavy atom. The third-order valence-electron chi connectivity index (χ3n) is 2.48. The molecular formula is C11H11N3O4. The number of carboxylic acids is 1. The number of benzene rings is 1. The Balaban J connectivity index is 2.27. The number of nitrogens with one attached hydrogen (secondary N) is 1. The van der Waals surface area contributed by atoms with Crippen LogP contribution in [0.15, 0.2) is 35.5 Å². The van der Waals surface area contributed by atoms with Crippen molar-refractivity contribution in [2.75, 3.05) is 0 Å². The highest BCUT2D eigenvalue weighted by atomic mass is 16.7. The molecule has 1 heterocycles. The van der Waals surface area contributed by atoms with Gasteiger partial charge in [-0.05, 0) is 0 Å². The zero-order chi connectivity index (χ0) is 13.1. The predicted octanol–water partition coefficient (Wildman–Crippen LogP) is 0.116. The van der Waals surface area contributed by atoms with Gasteiger partial charge in [0.15, 0.2) is 5.92 Å². The number of hydrogen-bond acceptors (Lipinski definition) is 4. The van der Waals surface area contributed by atoms with Gasteiger partial charge in [0.25, 0.3) is 0 Å². The van der Waals surface area contributed by atoms with Crippen LogP contribution in [0.4, 0.5) is 4.79 Å². The molecule has 0 saturated carbocycles. The number of nitrogens with zero attached hydrogens (tertiary/aromatic N) is 1. The van der Waals surface area contributed by atoms with Crippen LogP contribution >= 0.6 is 0 Å². The molecule has 0 radical (unpaired) electrons. The number of carbonyl (C=O) groups excluding carboxylic acids is 1. The van der Waals surface area contributed by atoms with Gasteiger partial charge in [-0.3, -0.25) is 10.1 Å². The lowest BCUT2D eigenvalue weighted by Crippen LogP contribution is -2.46. The molecule has 0 saturated heterocycles. The van der Waals surface area contributed by atoms with Gasteiger partial charge in [-0.25, -0.2) is 4.79 Å². The fourth-order valence-electron chi connectivity index (χ4n) is 1.71. The van der Waals surface area contributed by atoms with Gasteiger partial charge in [-0.2, -0.15) is 0 Å². The summed E-state index contributed by atoms with van der Waals surface area (Å²) in [4.78, 5) is 26.9. The van der Waals surface area contributed by atoms with Crippen LogP contribution in [-0.2, 0) is 9.63 Å². The van der Waals surface area contributed by atoms with Crippen molar-refractivity contribution in [3.63, 3.8) is 0 Å². The van der Waals surface area contributed by atoms with E-state index in [-0.39, 0.29) is 5.71 Å². The normalized spacial score (nSPS) is 21.9. The molecule has 1 aliphatic heterocycles. The average Bonchev–Trinajstić information content (AvgIpc) is 2.73. The fraction of sp³-hybridized carbons (Fsp3) is 0.182. The molecule has 1 aliphatic rings. The topological polar surface area (TPSA) is 114 Å². The molecule has 2 amide bonds. The summed E-state index contributed by atoms with van der Waals surface area (Å²) in [5, 5.41) is 15.1. The molecule has 94 valence electrons. The van der Waals surface area contributed by atoms with Crippen molar-refractivity contribution in [2.45, 2.75) is 6.23 Å². The van der Waals surface area contributed by atoms with Gasteiger partial charge in [0.05, 0.1) is 0 Å². The van der Waals surface area contributed by atoms with E-state index in [4.69, 9.17) is 10.6 Å². The summed E-state index contributed by atoms with van der Waals surface area (Å²) in [6, 6.07) is 7.87. The minimum Gasteiger partial charge on any atom is -0.481 e. The van der Waals surface area contributed by atoms with Gasteiger partial charge in [0.2, 0.25) is 6.23 Å². The predicted molar refractivity (Wildman–Crippen MR) is 61.7 cm³/mol. The number of oxime groups is 1. The van der Waals surface area contributed by atoms with E-state index in [1.165, 1.54) is 0 Å². The Morgan fingerprint density at radius 1 is 1.33 bits per heavy atom. The van der Waals surface area contributed by atoms with Crippen molar-refractivity contribution in [3.8, 4) is 0 Å². The minimum absolute atomic E-state index is 0.252. The van der Waals surface area contributed by atoms with E-state index < -0.39 is 24.1 Å². The molecule has 4 N–H and O–H groups in total. The van der Waals surface area contributed by atoms with E-state index in [1.807, 2.05) is 0 Å². The lowest BCUT2D eigenvalue weighted by molar-refractivity contribution is -0.142. The molecule has 0 fully saturated rings. The van der Waals surface area contributed by atoms with Crippen LogP contribution in [0, 0.1) is 5.92 Å². The summed E-state index contributed by atoms with van der Waals surface area (Å²) in [7, 11) is 0. The lowest BCUT2D eigenvalue weighted by atomic mass is 9.96. The third kappa shape index (κ3) is 2.24. The molecular weight excluding hydrogens is 238 g/mol. The van der Waals surface area contributed by atoms with Crippen LogP contribution in [0.25, 0.3) is 0 Å². The first-order chi connectivity index (χ1) is 8.59. The van der Waals surface area contributed by atoms with Gasteiger partial charge in [0.1, 0.15) is 5.71 Å². The van der Waals surface area contributed by atoms with Crippen molar-refractivity contribution < 1.29 is 19.5 Å². The van der Waals surface area contributed by atoms with Crippen LogP contribution in [-0.4, -0.2) is 29.0 Å². The number of aliphatic carboxylic acids is 1. The van der Waals surface area contributed by atoms with Gasteiger partial charge < -0.3 is 15.7 Å². The molecule has 1 aromatic carbocycles. The van der Waals surface area contributed by atoms with Crippen molar-refractivity contribution in [2.24, 2.45) is 16.8 Å². The summed E-state index contributed by atoms with van der Waals surface area (Å²) in [6.45, 7) is 0. The highest BCUT2D eigenvalue weighted by molar-refractivity contribution is 6.12. The minimum atomic E-state index is -1.14. The van der Waals surface area contributed by atoms with Crippen LogP contribution in [0.3, 0.4) is 0 Å². The fourth-order valence-corrected chi connectivity index (χ4v) is 1.71. The number of urea groups is 1. The number of rotatable bonds is 3. The maximum absolute atomic E-state index is 11.2. The maximum atomic E-state index is 11.2. The van der Waals surface area contributed by atoms with Gasteiger partial charge >= 0.3 is 12.0 Å². The molecule has 2 rings (SSSR count). The maximum Gasteiger partial charge on any atom is 0.318 e. The summed E-state index contributed by atoms with van der Waals surface area (Å²) in [5.41, 5.74) is 5.82. The molecule has 7 nitrogen and oxygen atoms in total. The number of primary amides is 1. The Bertz CT molecular complexity index is 500. The smallest absolute Gasteiger partial charge is 0.318 e. The SMILES string of the molecule is NC(=O)N[C@@H]1ON=C(c2ccccc2)[C@@H]1C(=O)O. The van der Waals surface area contributed by atoms with Crippen molar-refractivity contribution in [1.29, 1.82) is 0 Å². The standard InChI is InChI=1S/C11H11N3O4/c12-11(17)13-9-7(10(15)16)8(14-18-9)6-4-2-1-3-5-6/h1-5,7,9H,(H,15,16)(H3,12,13,17)/t7-,9+/m0/s1.